The Bertz CT molecular complexity index is 1330. The molecule has 1 aliphatic heterocycles. The fourth-order valence-corrected chi connectivity index (χ4v) is 6.31. The SMILES string of the molecule is CCC1(CC)CC(NC(=O)CN(c2cc(C)ccc2C)S(=O)(=O)c2ccccc2)c2ccccc2O1. The molecule has 3 aromatic rings. The zero-order valence-corrected chi connectivity index (χ0v) is 22.1. The normalized spacial score (nSPS) is 16.5. The molecule has 3 aromatic carbocycles. The Morgan fingerprint density at radius 3 is 2.36 bits per heavy atom. The molecule has 0 fully saturated rings. The third kappa shape index (κ3) is 5.12. The maximum atomic E-state index is 13.7. The minimum atomic E-state index is -3.97. The molecule has 0 aromatic heterocycles. The molecular formula is C29H34N2O4S. The third-order valence-corrected chi connectivity index (χ3v) is 8.85. The van der Waals surface area contributed by atoms with Gasteiger partial charge in [-0.2, -0.15) is 0 Å². The van der Waals surface area contributed by atoms with Crippen LogP contribution in [0, 0.1) is 13.8 Å². The van der Waals surface area contributed by atoms with Crippen molar-refractivity contribution in [2.24, 2.45) is 0 Å². The molecule has 7 heteroatoms. The lowest BCUT2D eigenvalue weighted by molar-refractivity contribution is -0.121. The number of sulfonamides is 1. The van der Waals surface area contributed by atoms with E-state index < -0.39 is 10.0 Å². The quantitative estimate of drug-likeness (QED) is 0.425. The second kappa shape index (κ2) is 10.3. The Balaban J connectivity index is 1.68. The van der Waals surface area contributed by atoms with Crippen LogP contribution in [0.1, 0.15) is 55.8 Å². The highest BCUT2D eigenvalue weighted by atomic mass is 32.2. The molecule has 0 bridgehead atoms. The Kier molecular flexibility index (Phi) is 7.41. The maximum Gasteiger partial charge on any atom is 0.264 e. The van der Waals surface area contributed by atoms with Crippen LogP contribution in [0.5, 0.6) is 5.75 Å². The molecule has 0 aliphatic carbocycles. The largest absolute Gasteiger partial charge is 0.487 e. The van der Waals surface area contributed by atoms with Crippen molar-refractivity contribution < 1.29 is 17.9 Å². The molecule has 1 atom stereocenters. The van der Waals surface area contributed by atoms with Gasteiger partial charge in [-0.3, -0.25) is 9.10 Å². The smallest absolute Gasteiger partial charge is 0.264 e. The van der Waals surface area contributed by atoms with Crippen molar-refractivity contribution in [2.75, 3.05) is 10.8 Å². The molecule has 1 heterocycles. The molecule has 0 saturated heterocycles. The molecule has 36 heavy (non-hydrogen) atoms. The first kappa shape index (κ1) is 25.8. The summed E-state index contributed by atoms with van der Waals surface area (Å²) in [5, 5.41) is 3.13. The monoisotopic (exact) mass is 506 g/mol. The van der Waals surface area contributed by atoms with Gasteiger partial charge in [-0.15, -0.1) is 0 Å². The Morgan fingerprint density at radius 1 is 1.00 bits per heavy atom. The lowest BCUT2D eigenvalue weighted by atomic mass is 9.83. The van der Waals surface area contributed by atoms with E-state index in [0.717, 1.165) is 35.3 Å². The molecule has 190 valence electrons. The van der Waals surface area contributed by atoms with E-state index in [1.807, 2.05) is 56.3 Å². The van der Waals surface area contributed by atoms with Crippen molar-refractivity contribution in [2.45, 2.75) is 63.5 Å². The van der Waals surface area contributed by atoms with E-state index in [1.54, 1.807) is 30.3 Å². The number of ether oxygens (including phenoxy) is 1. The number of benzene rings is 3. The van der Waals surface area contributed by atoms with Crippen molar-refractivity contribution in [3.8, 4) is 5.75 Å². The fraction of sp³-hybridized carbons (Fsp3) is 0.345. The van der Waals surface area contributed by atoms with E-state index in [0.29, 0.717) is 12.1 Å². The maximum absolute atomic E-state index is 13.7. The fourth-order valence-electron chi connectivity index (χ4n) is 4.81. The number of para-hydroxylation sites is 1. The lowest BCUT2D eigenvalue weighted by Crippen LogP contribution is -2.47. The van der Waals surface area contributed by atoms with E-state index in [1.165, 1.54) is 4.31 Å². The van der Waals surface area contributed by atoms with Gasteiger partial charge in [-0.05, 0) is 62.1 Å². The Hall–Kier alpha value is -3.32. The van der Waals surface area contributed by atoms with Crippen molar-refractivity contribution in [3.63, 3.8) is 0 Å². The number of aryl methyl sites for hydroxylation is 2. The first-order valence-corrected chi connectivity index (χ1v) is 13.9. The van der Waals surface area contributed by atoms with E-state index in [9.17, 15) is 13.2 Å². The third-order valence-electron chi connectivity index (χ3n) is 7.07. The van der Waals surface area contributed by atoms with Crippen molar-refractivity contribution in [1.82, 2.24) is 5.32 Å². The zero-order chi connectivity index (χ0) is 25.9. The second-order valence-corrected chi connectivity index (χ2v) is 11.3. The van der Waals surface area contributed by atoms with Crippen molar-refractivity contribution in [3.05, 3.63) is 89.5 Å². The van der Waals surface area contributed by atoms with Crippen LogP contribution in [0.15, 0.2) is 77.7 Å². The van der Waals surface area contributed by atoms with Crippen LogP contribution >= 0.6 is 0 Å². The average Bonchev–Trinajstić information content (AvgIpc) is 2.89. The summed E-state index contributed by atoms with van der Waals surface area (Å²) in [4.78, 5) is 13.7. The number of fused-ring (bicyclic) bond motifs is 1. The van der Waals surface area contributed by atoms with Crippen LogP contribution in [0.3, 0.4) is 0 Å². The Labute approximate surface area is 214 Å². The van der Waals surface area contributed by atoms with Gasteiger partial charge in [0.1, 0.15) is 17.9 Å². The minimum Gasteiger partial charge on any atom is -0.487 e. The molecule has 4 rings (SSSR count). The number of nitrogens with one attached hydrogen (secondary N) is 1. The number of hydrogen-bond donors (Lipinski definition) is 1. The van der Waals surface area contributed by atoms with Crippen LogP contribution in [0.25, 0.3) is 0 Å². The number of rotatable bonds is 8. The average molecular weight is 507 g/mol. The van der Waals surface area contributed by atoms with Gasteiger partial charge >= 0.3 is 0 Å². The van der Waals surface area contributed by atoms with Gasteiger partial charge in [-0.1, -0.05) is 62.4 Å². The molecule has 6 nitrogen and oxygen atoms in total. The summed E-state index contributed by atoms with van der Waals surface area (Å²) in [7, 11) is -3.97. The number of carbonyl (C=O) groups excluding carboxylic acids is 1. The summed E-state index contributed by atoms with van der Waals surface area (Å²) >= 11 is 0. The van der Waals surface area contributed by atoms with Gasteiger partial charge in [0.15, 0.2) is 0 Å². The van der Waals surface area contributed by atoms with Crippen LogP contribution < -0.4 is 14.4 Å². The molecule has 1 N–H and O–H groups in total. The lowest BCUT2D eigenvalue weighted by Gasteiger charge is -2.41. The summed E-state index contributed by atoms with van der Waals surface area (Å²) in [5.41, 5.74) is 2.72. The van der Waals surface area contributed by atoms with E-state index in [2.05, 4.69) is 19.2 Å². The molecule has 1 unspecified atom stereocenters. The summed E-state index contributed by atoms with van der Waals surface area (Å²) in [6.45, 7) is 7.61. The van der Waals surface area contributed by atoms with Crippen LogP contribution in [0.2, 0.25) is 0 Å². The molecule has 1 aliphatic rings. The second-order valence-electron chi connectivity index (χ2n) is 9.47. The number of carbonyl (C=O) groups is 1. The van der Waals surface area contributed by atoms with Crippen molar-refractivity contribution in [1.29, 1.82) is 0 Å². The first-order chi connectivity index (χ1) is 17.2. The molecule has 0 saturated carbocycles. The van der Waals surface area contributed by atoms with E-state index in [4.69, 9.17) is 4.74 Å². The number of amides is 1. The van der Waals surface area contributed by atoms with E-state index >= 15 is 0 Å². The Morgan fingerprint density at radius 2 is 1.67 bits per heavy atom. The number of hydrogen-bond acceptors (Lipinski definition) is 4. The van der Waals surface area contributed by atoms with Gasteiger partial charge in [0.25, 0.3) is 10.0 Å². The summed E-state index contributed by atoms with van der Waals surface area (Å²) in [6, 6.07) is 21.3. The molecule has 0 radical (unpaired) electrons. The van der Waals surface area contributed by atoms with Gasteiger partial charge in [-0.25, -0.2) is 8.42 Å². The van der Waals surface area contributed by atoms with E-state index in [-0.39, 0.29) is 29.0 Å². The molecule has 0 spiro atoms. The van der Waals surface area contributed by atoms with Crippen LogP contribution in [-0.4, -0.2) is 26.5 Å². The first-order valence-electron chi connectivity index (χ1n) is 12.4. The number of anilines is 1. The minimum absolute atomic E-state index is 0.145. The standard InChI is InChI=1S/C29H34N2O4S/c1-5-29(6-2)19-25(24-14-10-11-15-27(24)35-29)30-28(32)20-31(26-18-21(3)16-17-22(26)4)36(33,34)23-12-8-7-9-13-23/h7-18,25H,5-6,19-20H2,1-4H3,(H,30,32). The molecular weight excluding hydrogens is 472 g/mol. The highest BCUT2D eigenvalue weighted by Gasteiger charge is 2.39. The predicted octanol–water partition coefficient (Wildman–Crippen LogP) is 5.70. The summed E-state index contributed by atoms with van der Waals surface area (Å²) in [5.74, 6) is 0.402. The summed E-state index contributed by atoms with van der Waals surface area (Å²) in [6.07, 6.45) is 2.24. The van der Waals surface area contributed by atoms with Crippen molar-refractivity contribution >= 4 is 21.6 Å². The van der Waals surface area contributed by atoms with Gasteiger partial charge in [0.2, 0.25) is 5.91 Å². The van der Waals surface area contributed by atoms with Gasteiger partial charge in [0, 0.05) is 12.0 Å². The summed E-state index contributed by atoms with van der Waals surface area (Å²) < 4.78 is 35.1. The zero-order valence-electron chi connectivity index (χ0n) is 21.3. The molecule has 1 amide bonds. The predicted molar refractivity (Wildman–Crippen MR) is 143 cm³/mol. The van der Waals surface area contributed by atoms with Gasteiger partial charge in [0.05, 0.1) is 16.6 Å². The van der Waals surface area contributed by atoms with Crippen LogP contribution in [0.4, 0.5) is 5.69 Å². The van der Waals surface area contributed by atoms with Gasteiger partial charge < -0.3 is 10.1 Å². The van der Waals surface area contributed by atoms with Crippen LogP contribution in [-0.2, 0) is 14.8 Å². The highest BCUT2D eigenvalue weighted by molar-refractivity contribution is 7.92. The highest BCUT2D eigenvalue weighted by Crippen LogP contribution is 2.42. The topological polar surface area (TPSA) is 75.7 Å². The number of nitrogens with zero attached hydrogens (tertiary/aromatic N) is 1.